The van der Waals surface area contributed by atoms with Crippen LogP contribution >= 0.6 is 0 Å². The van der Waals surface area contributed by atoms with E-state index in [4.69, 9.17) is 9.16 Å². The highest BCUT2D eigenvalue weighted by Gasteiger charge is 2.37. The summed E-state index contributed by atoms with van der Waals surface area (Å²) in [7, 11) is -1.74. The van der Waals surface area contributed by atoms with Gasteiger partial charge >= 0.3 is 5.97 Å². The minimum atomic E-state index is -1.74. The molecule has 0 aromatic rings. The van der Waals surface area contributed by atoms with Gasteiger partial charge in [-0.15, -0.1) is 0 Å². The second-order valence-corrected chi connectivity index (χ2v) is 11.8. The lowest BCUT2D eigenvalue weighted by Gasteiger charge is -2.36. The van der Waals surface area contributed by atoms with Crippen molar-refractivity contribution in [1.82, 2.24) is 0 Å². The van der Waals surface area contributed by atoms with Crippen molar-refractivity contribution in [2.75, 3.05) is 6.61 Å². The number of carbonyl (C=O) groups is 1. The molecule has 0 N–H and O–H groups in total. The summed E-state index contributed by atoms with van der Waals surface area (Å²) in [4.78, 5) is 11.5. The molecular formula is C13H28O3Si. The molecule has 0 aromatic carbocycles. The first kappa shape index (κ1) is 16.6. The van der Waals surface area contributed by atoms with Crippen LogP contribution in [0.1, 0.15) is 48.0 Å². The maximum Gasteiger partial charge on any atom is 0.308 e. The summed E-state index contributed by atoms with van der Waals surface area (Å²) in [5.74, 6) is -0.184. The fraction of sp³-hybridized carbons (Fsp3) is 0.923. The normalized spacial score (nSPS) is 13.6. The Balaban J connectivity index is 4.05. The molecule has 0 spiro atoms. The fourth-order valence-electron chi connectivity index (χ4n) is 0.999. The van der Waals surface area contributed by atoms with E-state index in [1.54, 1.807) is 0 Å². The first-order valence-corrected chi connectivity index (χ1v) is 9.12. The molecule has 0 saturated heterocycles. The smallest absolute Gasteiger partial charge is 0.308 e. The molecule has 3 nitrogen and oxygen atoms in total. The van der Waals surface area contributed by atoms with Crippen LogP contribution in [0.5, 0.6) is 0 Å². The molecule has 0 aliphatic carbocycles. The molecule has 4 heteroatoms. The first-order chi connectivity index (χ1) is 7.35. The summed E-state index contributed by atoms with van der Waals surface area (Å²) in [6.45, 7) is 17.0. The molecule has 0 heterocycles. The van der Waals surface area contributed by atoms with Crippen LogP contribution in [0.4, 0.5) is 0 Å². The van der Waals surface area contributed by atoms with Gasteiger partial charge in [-0.2, -0.15) is 0 Å². The SMILES string of the molecule is CC(C)(C)OC(=O)CCO[Si](C)(C)C(C)(C)C. The van der Waals surface area contributed by atoms with Crippen molar-refractivity contribution >= 4 is 14.3 Å². The largest absolute Gasteiger partial charge is 0.460 e. The molecule has 102 valence electrons. The third-order valence-corrected chi connectivity index (χ3v) is 7.53. The number of ether oxygens (including phenoxy) is 1. The molecule has 0 bridgehead atoms. The van der Waals surface area contributed by atoms with Gasteiger partial charge in [-0.25, -0.2) is 0 Å². The number of esters is 1. The van der Waals surface area contributed by atoms with Gasteiger partial charge in [0.05, 0.1) is 6.42 Å². The topological polar surface area (TPSA) is 35.5 Å². The van der Waals surface area contributed by atoms with Gasteiger partial charge in [0.25, 0.3) is 0 Å². The maximum absolute atomic E-state index is 11.5. The van der Waals surface area contributed by atoms with E-state index in [0.717, 1.165) is 0 Å². The van der Waals surface area contributed by atoms with E-state index in [1.807, 2.05) is 20.8 Å². The highest BCUT2D eigenvalue weighted by Crippen LogP contribution is 2.36. The molecule has 17 heavy (non-hydrogen) atoms. The summed E-state index contributed by atoms with van der Waals surface area (Å²) in [5, 5.41) is 0.181. The van der Waals surface area contributed by atoms with Crippen molar-refractivity contribution in [3.63, 3.8) is 0 Å². The van der Waals surface area contributed by atoms with E-state index >= 15 is 0 Å². The average molecular weight is 260 g/mol. The summed E-state index contributed by atoms with van der Waals surface area (Å²) in [6.07, 6.45) is 0.337. The Morgan fingerprint density at radius 3 is 1.88 bits per heavy atom. The Morgan fingerprint density at radius 1 is 1.06 bits per heavy atom. The minimum Gasteiger partial charge on any atom is -0.460 e. The van der Waals surface area contributed by atoms with Crippen LogP contribution < -0.4 is 0 Å². The molecule has 0 saturated carbocycles. The highest BCUT2D eigenvalue weighted by atomic mass is 28.4. The van der Waals surface area contributed by atoms with E-state index in [2.05, 4.69) is 33.9 Å². The van der Waals surface area contributed by atoms with Gasteiger partial charge < -0.3 is 9.16 Å². The standard InChI is InChI=1S/C13H28O3Si/c1-12(2,3)16-11(14)9-10-15-17(7,8)13(4,5)6/h9-10H2,1-8H3. The molecule has 0 radical (unpaired) electrons. The lowest BCUT2D eigenvalue weighted by molar-refractivity contribution is -0.155. The Bertz CT molecular complexity index is 259. The Kier molecular flexibility index (Phi) is 5.41. The zero-order chi connectivity index (χ0) is 13.9. The van der Waals surface area contributed by atoms with Crippen LogP contribution in [0.25, 0.3) is 0 Å². The zero-order valence-electron chi connectivity index (χ0n) is 12.6. The number of hydrogen-bond donors (Lipinski definition) is 0. The van der Waals surface area contributed by atoms with Crippen LogP contribution in [-0.2, 0) is 14.0 Å². The molecule has 0 amide bonds. The van der Waals surface area contributed by atoms with E-state index in [-0.39, 0.29) is 11.0 Å². The van der Waals surface area contributed by atoms with Crippen LogP contribution in [0, 0.1) is 0 Å². The second kappa shape index (κ2) is 5.53. The highest BCUT2D eigenvalue weighted by molar-refractivity contribution is 6.74. The van der Waals surface area contributed by atoms with Crippen molar-refractivity contribution in [2.24, 2.45) is 0 Å². The van der Waals surface area contributed by atoms with E-state index < -0.39 is 13.9 Å². The number of hydrogen-bond acceptors (Lipinski definition) is 3. The van der Waals surface area contributed by atoms with E-state index in [1.165, 1.54) is 0 Å². The molecule has 0 aromatic heterocycles. The monoisotopic (exact) mass is 260 g/mol. The van der Waals surface area contributed by atoms with Crippen LogP contribution in [0.3, 0.4) is 0 Å². The maximum atomic E-state index is 11.5. The number of rotatable bonds is 4. The Morgan fingerprint density at radius 2 is 1.53 bits per heavy atom. The molecule has 0 rings (SSSR count). The van der Waals surface area contributed by atoms with Crippen molar-refractivity contribution in [1.29, 1.82) is 0 Å². The Labute approximate surface area is 107 Å². The molecule has 0 aliphatic heterocycles. The molecule has 0 fully saturated rings. The molecule has 0 atom stereocenters. The van der Waals surface area contributed by atoms with Crippen LogP contribution in [0.15, 0.2) is 0 Å². The summed E-state index contributed by atoms with van der Waals surface area (Å²) in [5.41, 5.74) is -0.409. The zero-order valence-corrected chi connectivity index (χ0v) is 13.6. The van der Waals surface area contributed by atoms with E-state index in [9.17, 15) is 4.79 Å². The predicted octanol–water partition coefficient (Wildman–Crippen LogP) is 3.74. The van der Waals surface area contributed by atoms with Gasteiger partial charge in [-0.05, 0) is 38.9 Å². The minimum absolute atomic E-state index is 0.181. The number of carbonyl (C=O) groups excluding carboxylic acids is 1. The molecule has 0 unspecified atom stereocenters. The average Bonchev–Trinajstić information content (AvgIpc) is 1.97. The quantitative estimate of drug-likeness (QED) is 0.570. The van der Waals surface area contributed by atoms with Gasteiger partial charge in [0.15, 0.2) is 8.32 Å². The van der Waals surface area contributed by atoms with Gasteiger partial charge in [-0.1, -0.05) is 20.8 Å². The fourth-order valence-corrected chi connectivity index (χ4v) is 2.04. The first-order valence-electron chi connectivity index (χ1n) is 6.21. The van der Waals surface area contributed by atoms with Crippen molar-refractivity contribution < 1.29 is 14.0 Å². The lowest BCUT2D eigenvalue weighted by Crippen LogP contribution is -2.41. The summed E-state index contributed by atoms with van der Waals surface area (Å²) in [6, 6.07) is 0. The van der Waals surface area contributed by atoms with Gasteiger partial charge in [0.1, 0.15) is 5.60 Å². The lowest BCUT2D eigenvalue weighted by atomic mass is 10.2. The summed E-state index contributed by atoms with van der Waals surface area (Å²) >= 11 is 0. The third-order valence-electron chi connectivity index (χ3n) is 3.00. The van der Waals surface area contributed by atoms with Crippen molar-refractivity contribution in [2.45, 2.75) is 71.7 Å². The molecule has 0 aliphatic rings. The van der Waals surface area contributed by atoms with Crippen molar-refractivity contribution in [3.8, 4) is 0 Å². The van der Waals surface area contributed by atoms with Crippen LogP contribution in [-0.4, -0.2) is 26.5 Å². The second-order valence-electron chi connectivity index (χ2n) is 6.95. The predicted molar refractivity (Wildman–Crippen MR) is 73.6 cm³/mol. The third kappa shape index (κ3) is 6.84. The van der Waals surface area contributed by atoms with E-state index in [0.29, 0.717) is 13.0 Å². The van der Waals surface area contributed by atoms with Crippen LogP contribution in [0.2, 0.25) is 18.1 Å². The molecular weight excluding hydrogens is 232 g/mol. The van der Waals surface area contributed by atoms with Gasteiger partial charge in [-0.3, -0.25) is 4.79 Å². The van der Waals surface area contributed by atoms with Gasteiger partial charge in [0, 0.05) is 6.61 Å². The van der Waals surface area contributed by atoms with Crippen molar-refractivity contribution in [3.05, 3.63) is 0 Å². The van der Waals surface area contributed by atoms with Gasteiger partial charge in [0.2, 0.25) is 0 Å². The Hall–Kier alpha value is -0.353. The summed E-state index contributed by atoms with van der Waals surface area (Å²) < 4.78 is 11.2.